The average Bonchev–Trinajstić information content (AvgIpc) is 3.05. The van der Waals surface area contributed by atoms with Gasteiger partial charge >= 0.3 is 24.7 Å². The predicted octanol–water partition coefficient (Wildman–Crippen LogP) is 8.31. The van der Waals surface area contributed by atoms with Crippen LogP contribution in [0.25, 0.3) is 0 Å². The van der Waals surface area contributed by atoms with Crippen LogP contribution in [0.15, 0.2) is 35.4 Å². The molecule has 0 aromatic heterocycles. The average molecular weight is 732 g/mol. The molecule has 260 valence electrons. The molecule has 2 aromatic carbocycles. The topological polar surface area (TPSA) is 190 Å². The van der Waals surface area contributed by atoms with Crippen LogP contribution in [-0.2, 0) is 24.7 Å². The Kier molecular flexibility index (Phi) is 10.4. The first kappa shape index (κ1) is 39.4. The van der Waals surface area contributed by atoms with Gasteiger partial charge in [-0.05, 0) is 12.1 Å². The third-order valence-electron chi connectivity index (χ3n) is 7.72. The van der Waals surface area contributed by atoms with E-state index < -0.39 is 115 Å². The molecule has 20 heteroatoms. The number of hydrogen-bond donors (Lipinski definition) is 0. The van der Waals surface area contributed by atoms with Crippen LogP contribution < -0.4 is 0 Å². The molecule has 0 aliphatic heterocycles. The Morgan fingerprint density at radius 1 is 0.442 bits per heavy atom. The standard InChI is InChI=1S/C32H8F12N8/c33-29(34,35)23-3-13(5-45)25(21(11-51)27(23)31(39,40)41)19(9-49)15-1-2-16(18(8-48)17(15)7-47)20(10-50)26-14(6-46)4-24(30(36,37)38)28(22(26)12-52)32(42,43)44/h1-4,15-16,19-20H. The van der Waals surface area contributed by atoms with Gasteiger partial charge in [0.05, 0.1) is 104 Å². The van der Waals surface area contributed by atoms with E-state index in [2.05, 4.69) is 0 Å². The van der Waals surface area contributed by atoms with E-state index in [-0.39, 0.29) is 12.1 Å². The van der Waals surface area contributed by atoms with Gasteiger partial charge < -0.3 is 0 Å². The van der Waals surface area contributed by atoms with Crippen molar-refractivity contribution in [3.8, 4) is 48.6 Å². The molecule has 2 aromatic rings. The first-order chi connectivity index (χ1) is 24.0. The molecule has 8 nitrogen and oxygen atoms in total. The summed E-state index contributed by atoms with van der Waals surface area (Å²) in [6, 6.07) is 9.07. The highest BCUT2D eigenvalue weighted by Gasteiger charge is 2.50. The highest BCUT2D eigenvalue weighted by atomic mass is 19.4. The largest absolute Gasteiger partial charge is 0.418 e. The van der Waals surface area contributed by atoms with Gasteiger partial charge in [-0.2, -0.15) is 94.8 Å². The summed E-state index contributed by atoms with van der Waals surface area (Å²) in [6.45, 7) is 0. The molecule has 0 radical (unpaired) electrons. The van der Waals surface area contributed by atoms with Crippen molar-refractivity contribution in [1.82, 2.24) is 0 Å². The van der Waals surface area contributed by atoms with Crippen LogP contribution in [0.4, 0.5) is 52.7 Å². The van der Waals surface area contributed by atoms with E-state index in [1.54, 1.807) is 0 Å². The van der Waals surface area contributed by atoms with E-state index in [9.17, 15) is 94.8 Å². The summed E-state index contributed by atoms with van der Waals surface area (Å²) in [5, 5.41) is 78.7. The third-order valence-corrected chi connectivity index (χ3v) is 7.72. The van der Waals surface area contributed by atoms with E-state index in [1.165, 1.54) is 24.3 Å². The first-order valence-corrected chi connectivity index (χ1v) is 13.4. The lowest BCUT2D eigenvalue weighted by atomic mass is 9.68. The molecule has 1 aliphatic carbocycles. The molecule has 0 heterocycles. The van der Waals surface area contributed by atoms with E-state index in [1.807, 2.05) is 0 Å². The maximum absolute atomic E-state index is 14.0. The summed E-state index contributed by atoms with van der Waals surface area (Å²) in [4.78, 5) is 0. The Hall–Kier alpha value is -7.00. The van der Waals surface area contributed by atoms with Crippen molar-refractivity contribution in [2.75, 3.05) is 0 Å². The van der Waals surface area contributed by atoms with Crippen LogP contribution in [0.2, 0.25) is 0 Å². The van der Waals surface area contributed by atoms with Crippen LogP contribution >= 0.6 is 0 Å². The van der Waals surface area contributed by atoms with Crippen LogP contribution in [0.3, 0.4) is 0 Å². The van der Waals surface area contributed by atoms with Crippen molar-refractivity contribution >= 4 is 0 Å². The molecule has 4 unspecified atom stereocenters. The Balaban J connectivity index is 2.46. The number of nitrogens with zero attached hydrogens (tertiary/aromatic N) is 8. The quantitative estimate of drug-likeness (QED) is 0.221. The van der Waals surface area contributed by atoms with Gasteiger partial charge in [-0.15, -0.1) is 0 Å². The molecule has 3 rings (SSSR count). The SMILES string of the molecule is N#CC1=C(C#N)C(C(C#N)c2c(C#N)cc(C(F)(F)F)c(C(F)(F)F)c2C#N)C=CC1C(C#N)c1c(C#N)cc(C(F)(F)F)c(C(F)(F)F)c1C#N. The summed E-state index contributed by atoms with van der Waals surface area (Å²) in [5.74, 6) is -8.73. The van der Waals surface area contributed by atoms with Crippen LogP contribution in [0.5, 0.6) is 0 Å². The Bertz CT molecular complexity index is 2110. The molecular formula is C32H8F12N8. The fourth-order valence-electron chi connectivity index (χ4n) is 5.76. The Morgan fingerprint density at radius 3 is 0.942 bits per heavy atom. The molecule has 1 aliphatic rings. The van der Waals surface area contributed by atoms with E-state index in [0.717, 1.165) is 24.3 Å². The predicted molar refractivity (Wildman–Crippen MR) is 143 cm³/mol. The second-order valence-corrected chi connectivity index (χ2v) is 10.4. The minimum Gasteiger partial charge on any atom is -0.198 e. The summed E-state index contributed by atoms with van der Waals surface area (Å²) in [7, 11) is 0. The normalized spacial score (nSPS) is 17.2. The van der Waals surface area contributed by atoms with E-state index in [0.29, 0.717) is 12.2 Å². The molecule has 52 heavy (non-hydrogen) atoms. The molecule has 0 amide bonds. The van der Waals surface area contributed by atoms with Crippen LogP contribution in [-0.4, -0.2) is 0 Å². The van der Waals surface area contributed by atoms with Gasteiger partial charge in [0.25, 0.3) is 0 Å². The van der Waals surface area contributed by atoms with Gasteiger partial charge in [-0.3, -0.25) is 0 Å². The molecule has 0 saturated heterocycles. The number of halogens is 12. The first-order valence-electron chi connectivity index (χ1n) is 13.4. The lowest BCUT2D eigenvalue weighted by Gasteiger charge is -2.31. The fourth-order valence-corrected chi connectivity index (χ4v) is 5.76. The van der Waals surface area contributed by atoms with Crippen molar-refractivity contribution in [3.63, 3.8) is 0 Å². The number of nitriles is 8. The van der Waals surface area contributed by atoms with Gasteiger partial charge in [0, 0.05) is 23.0 Å². The number of benzene rings is 2. The van der Waals surface area contributed by atoms with Gasteiger partial charge in [0.15, 0.2) is 0 Å². The number of rotatable bonds is 4. The van der Waals surface area contributed by atoms with Crippen molar-refractivity contribution in [2.24, 2.45) is 11.8 Å². The highest BCUT2D eigenvalue weighted by molar-refractivity contribution is 5.64. The monoisotopic (exact) mass is 732 g/mol. The molecular weight excluding hydrogens is 724 g/mol. The second kappa shape index (κ2) is 13.7. The third kappa shape index (κ3) is 6.75. The lowest BCUT2D eigenvalue weighted by molar-refractivity contribution is -0.162. The van der Waals surface area contributed by atoms with Crippen molar-refractivity contribution in [3.05, 3.63) is 91.1 Å². The van der Waals surface area contributed by atoms with E-state index >= 15 is 0 Å². The fraction of sp³-hybridized carbons (Fsp3) is 0.250. The smallest absolute Gasteiger partial charge is 0.198 e. The van der Waals surface area contributed by atoms with Gasteiger partial charge in [-0.25, -0.2) is 0 Å². The van der Waals surface area contributed by atoms with Gasteiger partial charge in [0.2, 0.25) is 0 Å². The molecule has 0 fully saturated rings. The van der Waals surface area contributed by atoms with Gasteiger partial charge in [0.1, 0.15) is 12.1 Å². The summed E-state index contributed by atoms with van der Waals surface area (Å²) in [5.41, 5.74) is -20.9. The lowest BCUT2D eigenvalue weighted by Crippen LogP contribution is -2.27. The number of alkyl halides is 12. The van der Waals surface area contributed by atoms with Crippen LogP contribution in [0.1, 0.15) is 67.5 Å². The van der Waals surface area contributed by atoms with Crippen LogP contribution in [0, 0.1) is 102 Å². The zero-order valence-corrected chi connectivity index (χ0v) is 24.7. The van der Waals surface area contributed by atoms with Crippen molar-refractivity contribution in [2.45, 2.75) is 36.5 Å². The Morgan fingerprint density at radius 2 is 0.750 bits per heavy atom. The van der Waals surface area contributed by atoms with Crippen molar-refractivity contribution < 1.29 is 52.7 Å². The summed E-state index contributed by atoms with van der Waals surface area (Å²) in [6.07, 6.45) is -22.1. The zero-order chi connectivity index (χ0) is 39.7. The number of allylic oxidation sites excluding steroid dienone is 4. The highest BCUT2D eigenvalue weighted by Crippen LogP contribution is 2.51. The molecule has 4 atom stereocenters. The molecule has 0 spiro atoms. The molecule has 0 N–H and O–H groups in total. The minimum atomic E-state index is -5.92. The number of hydrogen-bond acceptors (Lipinski definition) is 8. The molecule has 0 saturated carbocycles. The second-order valence-electron chi connectivity index (χ2n) is 10.4. The summed E-state index contributed by atoms with van der Waals surface area (Å²) < 4.78 is 166. The maximum atomic E-state index is 14.0. The van der Waals surface area contributed by atoms with Gasteiger partial charge in [-0.1, -0.05) is 12.2 Å². The summed E-state index contributed by atoms with van der Waals surface area (Å²) >= 11 is 0. The van der Waals surface area contributed by atoms with E-state index in [4.69, 9.17) is 0 Å². The molecule has 0 bridgehead atoms. The minimum absolute atomic E-state index is 0.291. The maximum Gasteiger partial charge on any atom is 0.418 e. The Labute approximate surface area is 283 Å². The zero-order valence-electron chi connectivity index (χ0n) is 24.7. The van der Waals surface area contributed by atoms with Crippen molar-refractivity contribution in [1.29, 1.82) is 42.1 Å².